The van der Waals surface area contributed by atoms with Crippen LogP contribution in [0.2, 0.25) is 5.02 Å². The Kier molecular flexibility index (Phi) is 3.60. The summed E-state index contributed by atoms with van der Waals surface area (Å²) in [7, 11) is 0. The van der Waals surface area contributed by atoms with E-state index in [1.165, 1.54) is 0 Å². The number of hydrogen-bond donors (Lipinski definition) is 1. The summed E-state index contributed by atoms with van der Waals surface area (Å²) >= 11 is 6.45. The van der Waals surface area contributed by atoms with Crippen molar-refractivity contribution in [2.24, 2.45) is 0 Å². The number of nitrogens with zero attached hydrogens (tertiary/aromatic N) is 2. The molecule has 0 unspecified atom stereocenters. The summed E-state index contributed by atoms with van der Waals surface area (Å²) in [5.74, 6) is 1.02. The van der Waals surface area contributed by atoms with Crippen LogP contribution in [0.15, 0.2) is 36.4 Å². The molecule has 0 saturated carbocycles. The fourth-order valence-corrected chi connectivity index (χ4v) is 3.00. The molecule has 0 aliphatic carbocycles. The predicted octanol–water partition coefficient (Wildman–Crippen LogP) is 4.52. The van der Waals surface area contributed by atoms with E-state index < -0.39 is 0 Å². The lowest BCUT2D eigenvalue weighted by Gasteiger charge is -2.13. The number of benzene rings is 2. The van der Waals surface area contributed by atoms with E-state index in [0.29, 0.717) is 0 Å². The molecule has 0 aliphatic heterocycles. The third kappa shape index (κ3) is 2.38. The van der Waals surface area contributed by atoms with Gasteiger partial charge < -0.3 is 5.73 Å². The largest absolute Gasteiger partial charge is 0.399 e. The smallest absolute Gasteiger partial charge is 0.114 e. The Hall–Kier alpha value is -2.00. The summed E-state index contributed by atoms with van der Waals surface area (Å²) in [6, 6.07) is 11.8. The van der Waals surface area contributed by atoms with Crippen LogP contribution in [0, 0.1) is 6.92 Å². The van der Waals surface area contributed by atoms with E-state index in [9.17, 15) is 0 Å². The monoisotopic (exact) mass is 299 g/mol. The Morgan fingerprint density at radius 2 is 2.05 bits per heavy atom. The van der Waals surface area contributed by atoms with Crippen molar-refractivity contribution in [2.75, 3.05) is 5.73 Å². The predicted molar refractivity (Wildman–Crippen MR) is 89.2 cm³/mol. The molecule has 0 amide bonds. The van der Waals surface area contributed by atoms with E-state index in [-0.39, 0.29) is 0 Å². The molecule has 0 fully saturated rings. The van der Waals surface area contributed by atoms with Crippen molar-refractivity contribution in [2.45, 2.75) is 26.7 Å². The van der Waals surface area contributed by atoms with Gasteiger partial charge in [-0.15, -0.1) is 0 Å². The second-order valence-electron chi connectivity index (χ2n) is 5.27. The van der Waals surface area contributed by atoms with Crippen LogP contribution in [-0.2, 0) is 6.42 Å². The minimum absolute atomic E-state index is 0.728. The molecule has 2 aromatic carbocycles. The second kappa shape index (κ2) is 5.41. The van der Waals surface area contributed by atoms with Crippen LogP contribution in [0.5, 0.6) is 0 Å². The fraction of sp³-hybridized carbons (Fsp3) is 0.235. The van der Waals surface area contributed by atoms with Gasteiger partial charge in [0.1, 0.15) is 5.82 Å². The molecule has 108 valence electrons. The van der Waals surface area contributed by atoms with Crippen LogP contribution >= 0.6 is 11.6 Å². The lowest BCUT2D eigenvalue weighted by Crippen LogP contribution is -2.03. The lowest BCUT2D eigenvalue weighted by molar-refractivity contribution is 0.816. The summed E-state index contributed by atoms with van der Waals surface area (Å²) in [4.78, 5) is 4.75. The van der Waals surface area contributed by atoms with Gasteiger partial charge in [0.05, 0.1) is 21.7 Å². The summed E-state index contributed by atoms with van der Waals surface area (Å²) in [6.07, 6.45) is 1.93. The van der Waals surface area contributed by atoms with Gasteiger partial charge in [-0.05, 0) is 43.2 Å². The van der Waals surface area contributed by atoms with Crippen molar-refractivity contribution in [3.63, 3.8) is 0 Å². The zero-order valence-corrected chi connectivity index (χ0v) is 13.0. The van der Waals surface area contributed by atoms with Crippen LogP contribution < -0.4 is 5.73 Å². The summed E-state index contributed by atoms with van der Waals surface area (Å²) in [5, 5.41) is 0.739. The van der Waals surface area contributed by atoms with Crippen LogP contribution in [-0.4, -0.2) is 9.55 Å². The quantitative estimate of drug-likeness (QED) is 0.723. The maximum absolute atomic E-state index is 6.45. The van der Waals surface area contributed by atoms with E-state index in [4.69, 9.17) is 22.3 Å². The van der Waals surface area contributed by atoms with Gasteiger partial charge in [-0.3, -0.25) is 4.57 Å². The number of fused-ring (bicyclic) bond motifs is 1. The van der Waals surface area contributed by atoms with Gasteiger partial charge in [0.2, 0.25) is 0 Å². The molecule has 4 heteroatoms. The van der Waals surface area contributed by atoms with Crippen LogP contribution in [0.3, 0.4) is 0 Å². The third-order valence-electron chi connectivity index (χ3n) is 3.63. The summed E-state index contributed by atoms with van der Waals surface area (Å²) in [5.41, 5.74) is 10.7. The molecule has 3 rings (SSSR count). The molecule has 0 saturated heterocycles. The van der Waals surface area contributed by atoms with Gasteiger partial charge in [-0.1, -0.05) is 30.7 Å². The van der Waals surface area contributed by atoms with Crippen molar-refractivity contribution in [1.29, 1.82) is 0 Å². The number of aryl methyl sites for hydroxylation is 2. The minimum Gasteiger partial charge on any atom is -0.399 e. The highest BCUT2D eigenvalue weighted by Crippen LogP contribution is 2.30. The molecule has 0 spiro atoms. The number of anilines is 1. The van der Waals surface area contributed by atoms with E-state index in [0.717, 1.165) is 51.7 Å². The van der Waals surface area contributed by atoms with E-state index in [2.05, 4.69) is 24.5 Å². The lowest BCUT2D eigenvalue weighted by atomic mass is 10.2. The first-order valence-electron chi connectivity index (χ1n) is 7.14. The van der Waals surface area contributed by atoms with E-state index in [1.54, 1.807) is 0 Å². The van der Waals surface area contributed by atoms with Crippen LogP contribution in [0.25, 0.3) is 16.7 Å². The van der Waals surface area contributed by atoms with Gasteiger partial charge in [0.15, 0.2) is 0 Å². The Balaban J connectivity index is 2.36. The number of nitrogens with two attached hydrogens (primary N) is 1. The Bertz CT molecular complexity index is 785. The van der Waals surface area contributed by atoms with Crippen LogP contribution in [0.4, 0.5) is 5.69 Å². The van der Waals surface area contributed by atoms with Crippen molar-refractivity contribution in [1.82, 2.24) is 9.55 Å². The zero-order valence-electron chi connectivity index (χ0n) is 12.2. The zero-order chi connectivity index (χ0) is 15.0. The first-order valence-corrected chi connectivity index (χ1v) is 7.52. The topological polar surface area (TPSA) is 43.8 Å². The molecule has 1 aromatic heterocycles. The molecule has 21 heavy (non-hydrogen) atoms. The molecule has 1 heterocycles. The maximum Gasteiger partial charge on any atom is 0.114 e. The number of hydrogen-bond acceptors (Lipinski definition) is 2. The number of rotatable bonds is 3. The molecular weight excluding hydrogens is 282 g/mol. The van der Waals surface area contributed by atoms with Crippen molar-refractivity contribution in [3.8, 4) is 5.69 Å². The SMILES string of the molecule is CCCc1nc2cc(N)ccc2n1-c1c(C)cccc1Cl. The number of halogens is 1. The molecule has 3 nitrogen and oxygen atoms in total. The average Bonchev–Trinajstić information content (AvgIpc) is 2.77. The molecule has 0 aliphatic rings. The molecule has 2 N–H and O–H groups in total. The highest BCUT2D eigenvalue weighted by Gasteiger charge is 2.15. The number of nitrogen functional groups attached to an aromatic ring is 1. The normalized spacial score (nSPS) is 11.2. The van der Waals surface area contributed by atoms with Crippen molar-refractivity contribution in [3.05, 3.63) is 52.8 Å². The van der Waals surface area contributed by atoms with Crippen molar-refractivity contribution < 1.29 is 0 Å². The Morgan fingerprint density at radius 3 is 2.76 bits per heavy atom. The Labute approximate surface area is 129 Å². The number of para-hydroxylation sites is 1. The van der Waals surface area contributed by atoms with Crippen molar-refractivity contribution >= 4 is 28.3 Å². The van der Waals surface area contributed by atoms with Gasteiger partial charge in [-0.25, -0.2) is 4.98 Å². The standard InChI is InChI=1S/C17H18ClN3/c1-3-5-16-20-14-10-12(19)8-9-15(14)21(16)17-11(2)6-4-7-13(17)18/h4,6-10H,3,5,19H2,1-2H3. The molecule has 0 radical (unpaired) electrons. The maximum atomic E-state index is 6.45. The summed E-state index contributed by atoms with van der Waals surface area (Å²) < 4.78 is 2.16. The Morgan fingerprint density at radius 1 is 1.24 bits per heavy atom. The molecule has 3 aromatic rings. The molecule has 0 atom stereocenters. The first-order chi connectivity index (χ1) is 10.1. The van der Waals surface area contributed by atoms with Gasteiger partial charge in [0, 0.05) is 12.1 Å². The average molecular weight is 300 g/mol. The first kappa shape index (κ1) is 14.0. The summed E-state index contributed by atoms with van der Waals surface area (Å²) in [6.45, 7) is 4.22. The molecular formula is C17H18ClN3. The van der Waals surface area contributed by atoms with Gasteiger partial charge in [-0.2, -0.15) is 0 Å². The van der Waals surface area contributed by atoms with E-state index >= 15 is 0 Å². The number of aromatic nitrogens is 2. The van der Waals surface area contributed by atoms with E-state index in [1.807, 2.05) is 30.3 Å². The molecule has 0 bridgehead atoms. The minimum atomic E-state index is 0.728. The third-order valence-corrected chi connectivity index (χ3v) is 3.94. The fourth-order valence-electron chi connectivity index (χ4n) is 2.69. The highest BCUT2D eigenvalue weighted by atomic mass is 35.5. The van der Waals surface area contributed by atoms with Gasteiger partial charge in [0.25, 0.3) is 0 Å². The second-order valence-corrected chi connectivity index (χ2v) is 5.67. The van der Waals surface area contributed by atoms with Gasteiger partial charge >= 0.3 is 0 Å². The highest BCUT2D eigenvalue weighted by molar-refractivity contribution is 6.32. The van der Waals surface area contributed by atoms with Crippen LogP contribution in [0.1, 0.15) is 24.7 Å². The number of imidazole rings is 1.